The molecule has 0 fully saturated rings. The van der Waals surface area contributed by atoms with E-state index in [0.29, 0.717) is 11.7 Å². The van der Waals surface area contributed by atoms with Gasteiger partial charge in [-0.2, -0.15) is 0 Å². The van der Waals surface area contributed by atoms with E-state index in [4.69, 9.17) is 0 Å². The van der Waals surface area contributed by atoms with Crippen LogP contribution in [0.4, 0.5) is 0 Å². The van der Waals surface area contributed by atoms with Gasteiger partial charge in [0.1, 0.15) is 0 Å². The minimum Gasteiger partial charge on any atom is -0.294 e. The normalized spacial score (nSPS) is 21.5. The largest absolute Gasteiger partial charge is 0.294 e. The van der Waals surface area contributed by atoms with Crippen LogP contribution in [0.25, 0.3) is 0 Å². The van der Waals surface area contributed by atoms with E-state index in [1.807, 2.05) is 18.2 Å². The molecule has 74 valence electrons. The molecule has 1 aliphatic rings. The first-order valence-electron chi connectivity index (χ1n) is 5.45. The summed E-state index contributed by atoms with van der Waals surface area (Å²) in [6, 6.07) is 8.10. The fourth-order valence-electron chi connectivity index (χ4n) is 2.33. The third kappa shape index (κ3) is 1.59. The van der Waals surface area contributed by atoms with Crippen molar-refractivity contribution in [2.75, 3.05) is 0 Å². The summed E-state index contributed by atoms with van der Waals surface area (Å²) in [4.78, 5) is 11.8. The molecule has 1 aliphatic carbocycles. The minimum atomic E-state index is 0.330. The number of hydrogen-bond donors (Lipinski definition) is 0. The van der Waals surface area contributed by atoms with Gasteiger partial charge < -0.3 is 0 Å². The van der Waals surface area contributed by atoms with Gasteiger partial charge in [-0.25, -0.2) is 0 Å². The lowest BCUT2D eigenvalue weighted by atomic mass is 9.90. The molecule has 1 aromatic carbocycles. The standard InChI is InChI=1S/C13H16O/c1-2-10-6-5-9-13(14)12-8-4-3-7-11(10)12/h3-4,7-8,10H,2,5-6,9H2,1H3. The first kappa shape index (κ1) is 9.45. The van der Waals surface area contributed by atoms with Crippen LogP contribution in [0.3, 0.4) is 0 Å². The van der Waals surface area contributed by atoms with Gasteiger partial charge in [-0.15, -0.1) is 0 Å². The van der Waals surface area contributed by atoms with Crippen molar-refractivity contribution >= 4 is 5.78 Å². The van der Waals surface area contributed by atoms with Crippen molar-refractivity contribution in [3.05, 3.63) is 35.4 Å². The summed E-state index contributed by atoms with van der Waals surface area (Å²) in [5.41, 5.74) is 2.24. The van der Waals surface area contributed by atoms with Crippen molar-refractivity contribution in [3.8, 4) is 0 Å². The Labute approximate surface area is 85.1 Å². The summed E-state index contributed by atoms with van der Waals surface area (Å²) in [5.74, 6) is 0.925. The Bertz CT molecular complexity index is 341. The van der Waals surface area contributed by atoms with Crippen molar-refractivity contribution in [3.63, 3.8) is 0 Å². The van der Waals surface area contributed by atoms with Crippen LogP contribution in [0.1, 0.15) is 54.4 Å². The summed E-state index contributed by atoms with van der Waals surface area (Å²) in [5, 5.41) is 0. The number of fused-ring (bicyclic) bond motifs is 1. The molecular weight excluding hydrogens is 172 g/mol. The molecule has 14 heavy (non-hydrogen) atoms. The van der Waals surface area contributed by atoms with E-state index in [9.17, 15) is 4.79 Å². The molecule has 1 heteroatoms. The SMILES string of the molecule is CCC1CCCC(=O)c2ccccc21. The minimum absolute atomic E-state index is 0.330. The third-order valence-electron chi connectivity index (χ3n) is 3.15. The summed E-state index contributed by atoms with van der Waals surface area (Å²) in [7, 11) is 0. The Morgan fingerprint density at radius 2 is 2.14 bits per heavy atom. The fourth-order valence-corrected chi connectivity index (χ4v) is 2.33. The average Bonchev–Trinajstić information content (AvgIpc) is 2.39. The van der Waals surface area contributed by atoms with Gasteiger partial charge >= 0.3 is 0 Å². The lowest BCUT2D eigenvalue weighted by molar-refractivity contribution is 0.0982. The monoisotopic (exact) mass is 188 g/mol. The highest BCUT2D eigenvalue weighted by Gasteiger charge is 2.21. The Morgan fingerprint density at radius 3 is 2.93 bits per heavy atom. The molecule has 1 aromatic rings. The molecule has 1 nitrogen and oxygen atoms in total. The van der Waals surface area contributed by atoms with Crippen LogP contribution in [0.15, 0.2) is 24.3 Å². The molecule has 2 rings (SSSR count). The molecule has 0 saturated heterocycles. The number of ketones is 1. The molecule has 0 heterocycles. The first-order valence-corrected chi connectivity index (χ1v) is 5.45. The van der Waals surface area contributed by atoms with Crippen LogP contribution < -0.4 is 0 Å². The van der Waals surface area contributed by atoms with Crippen LogP contribution in [-0.2, 0) is 0 Å². The van der Waals surface area contributed by atoms with Crippen molar-refractivity contribution in [1.29, 1.82) is 0 Å². The molecule has 0 aliphatic heterocycles. The molecule has 0 bridgehead atoms. The van der Waals surface area contributed by atoms with Crippen LogP contribution in [0.5, 0.6) is 0 Å². The first-order chi connectivity index (χ1) is 6.83. The Balaban J connectivity index is 2.47. The Kier molecular flexibility index (Phi) is 2.67. The molecule has 1 atom stereocenters. The maximum Gasteiger partial charge on any atom is 0.163 e. The van der Waals surface area contributed by atoms with Crippen LogP contribution >= 0.6 is 0 Å². The zero-order valence-corrected chi connectivity index (χ0v) is 8.62. The second kappa shape index (κ2) is 3.95. The third-order valence-corrected chi connectivity index (χ3v) is 3.15. The van der Waals surface area contributed by atoms with Crippen molar-refractivity contribution in [2.24, 2.45) is 0 Å². The zero-order chi connectivity index (χ0) is 9.97. The lowest BCUT2D eigenvalue weighted by Gasteiger charge is -2.14. The number of benzene rings is 1. The zero-order valence-electron chi connectivity index (χ0n) is 8.62. The predicted molar refractivity (Wildman–Crippen MR) is 57.7 cm³/mol. The van der Waals surface area contributed by atoms with Crippen LogP contribution in [-0.4, -0.2) is 5.78 Å². The van der Waals surface area contributed by atoms with E-state index in [1.54, 1.807) is 0 Å². The second-order valence-corrected chi connectivity index (χ2v) is 4.01. The molecular formula is C13H16O. The Hall–Kier alpha value is -1.11. The van der Waals surface area contributed by atoms with Crippen LogP contribution in [0, 0.1) is 0 Å². The summed E-state index contributed by atoms with van der Waals surface area (Å²) >= 11 is 0. The number of hydrogen-bond acceptors (Lipinski definition) is 1. The smallest absolute Gasteiger partial charge is 0.163 e. The van der Waals surface area contributed by atoms with E-state index in [0.717, 1.165) is 24.8 Å². The Morgan fingerprint density at radius 1 is 1.36 bits per heavy atom. The molecule has 0 aromatic heterocycles. The highest BCUT2D eigenvalue weighted by molar-refractivity contribution is 5.97. The molecule has 1 unspecified atom stereocenters. The molecule has 0 N–H and O–H groups in total. The second-order valence-electron chi connectivity index (χ2n) is 4.01. The predicted octanol–water partition coefficient (Wildman–Crippen LogP) is 3.55. The summed E-state index contributed by atoms with van der Waals surface area (Å²) in [6.07, 6.45) is 4.09. The maximum atomic E-state index is 11.8. The van der Waals surface area contributed by atoms with E-state index in [1.165, 1.54) is 12.0 Å². The number of rotatable bonds is 1. The number of carbonyl (C=O) groups is 1. The number of carbonyl (C=O) groups excluding carboxylic acids is 1. The summed E-state index contributed by atoms with van der Waals surface area (Å²) < 4.78 is 0. The van der Waals surface area contributed by atoms with E-state index < -0.39 is 0 Å². The number of Topliss-reactive ketones (excluding diaryl/α,β-unsaturated/α-hetero) is 1. The van der Waals surface area contributed by atoms with Crippen molar-refractivity contribution in [1.82, 2.24) is 0 Å². The lowest BCUT2D eigenvalue weighted by Crippen LogP contribution is -2.02. The summed E-state index contributed by atoms with van der Waals surface area (Å²) in [6.45, 7) is 2.21. The maximum absolute atomic E-state index is 11.8. The highest BCUT2D eigenvalue weighted by Crippen LogP contribution is 2.32. The van der Waals surface area contributed by atoms with Gasteiger partial charge in [0, 0.05) is 12.0 Å². The fraction of sp³-hybridized carbons (Fsp3) is 0.462. The van der Waals surface area contributed by atoms with Gasteiger partial charge in [0.15, 0.2) is 5.78 Å². The molecule has 0 saturated carbocycles. The van der Waals surface area contributed by atoms with Gasteiger partial charge in [0.05, 0.1) is 0 Å². The highest BCUT2D eigenvalue weighted by atomic mass is 16.1. The average molecular weight is 188 g/mol. The van der Waals surface area contributed by atoms with Crippen molar-refractivity contribution < 1.29 is 4.79 Å². The van der Waals surface area contributed by atoms with Gasteiger partial charge in [-0.1, -0.05) is 31.2 Å². The van der Waals surface area contributed by atoms with E-state index in [2.05, 4.69) is 13.0 Å². The molecule has 0 amide bonds. The molecule has 0 spiro atoms. The molecule has 0 radical (unpaired) electrons. The van der Waals surface area contributed by atoms with Gasteiger partial charge in [0.25, 0.3) is 0 Å². The van der Waals surface area contributed by atoms with E-state index >= 15 is 0 Å². The van der Waals surface area contributed by atoms with Gasteiger partial charge in [-0.05, 0) is 30.7 Å². The van der Waals surface area contributed by atoms with E-state index in [-0.39, 0.29) is 0 Å². The van der Waals surface area contributed by atoms with Gasteiger partial charge in [-0.3, -0.25) is 4.79 Å². The quantitative estimate of drug-likeness (QED) is 0.616. The van der Waals surface area contributed by atoms with Crippen molar-refractivity contribution in [2.45, 2.75) is 38.5 Å². The van der Waals surface area contributed by atoms with Crippen LogP contribution in [0.2, 0.25) is 0 Å². The topological polar surface area (TPSA) is 17.1 Å². The van der Waals surface area contributed by atoms with Gasteiger partial charge in [0.2, 0.25) is 0 Å².